The zero-order valence-corrected chi connectivity index (χ0v) is 36.1. The predicted molar refractivity (Wildman–Crippen MR) is 228 cm³/mol. The monoisotopic (exact) mass is 920 g/mol. The number of ketones is 1. The minimum absolute atomic E-state index is 0.0344. The van der Waals surface area contributed by atoms with E-state index in [-0.39, 0.29) is 59.7 Å². The highest BCUT2D eigenvalue weighted by Gasteiger charge is 2.46. The van der Waals surface area contributed by atoms with Gasteiger partial charge in [-0.2, -0.15) is 4.98 Å². The Morgan fingerprint density at radius 2 is 1.64 bits per heavy atom. The molecule has 2 fully saturated rings. The predicted octanol–water partition coefficient (Wildman–Crippen LogP) is 4.64. The first-order valence-electron chi connectivity index (χ1n) is 20.8. The summed E-state index contributed by atoms with van der Waals surface area (Å²) in [6.45, 7) is 1.04. The van der Waals surface area contributed by atoms with Gasteiger partial charge in [0.05, 0.1) is 33.6 Å². The number of hydrogen-bond donors (Lipinski definition) is 4. The van der Waals surface area contributed by atoms with Gasteiger partial charge in [-0.25, -0.2) is 17.7 Å². The number of rotatable bonds is 19. The van der Waals surface area contributed by atoms with Crippen LogP contribution in [0.3, 0.4) is 0 Å². The summed E-state index contributed by atoms with van der Waals surface area (Å²) in [6.07, 6.45) is 9.33. The molecule has 5 amide bonds. The molecule has 4 N–H and O–H groups in total. The Balaban J connectivity index is 0.742. The first kappa shape index (κ1) is 43.8. The highest BCUT2D eigenvalue weighted by Crippen LogP contribution is 2.35. The van der Waals surface area contributed by atoms with Crippen LogP contribution in [0, 0.1) is 0 Å². The first-order valence-corrected chi connectivity index (χ1v) is 23.2. The summed E-state index contributed by atoms with van der Waals surface area (Å²) >= 11 is 3.49. The molecule has 4 aliphatic rings. The van der Waals surface area contributed by atoms with E-state index in [1.807, 2.05) is 18.2 Å². The third kappa shape index (κ3) is 10.4. The second kappa shape index (κ2) is 19.6. The third-order valence-corrected chi connectivity index (χ3v) is 13.8. The van der Waals surface area contributed by atoms with Crippen molar-refractivity contribution in [2.24, 2.45) is 0 Å². The number of carbonyl (C=O) groups is 6. The number of carbonyl (C=O) groups excluding carboxylic acids is 6. The van der Waals surface area contributed by atoms with Crippen molar-refractivity contribution in [3.05, 3.63) is 69.3 Å². The van der Waals surface area contributed by atoms with Gasteiger partial charge in [0, 0.05) is 56.7 Å². The van der Waals surface area contributed by atoms with Crippen molar-refractivity contribution in [1.82, 2.24) is 29.8 Å². The molecule has 0 bridgehead atoms. The van der Waals surface area contributed by atoms with Gasteiger partial charge < -0.3 is 20.7 Å². The number of ether oxygens (including phenoxy) is 1. The molecule has 3 aliphatic heterocycles. The second-order valence-electron chi connectivity index (χ2n) is 15.6. The van der Waals surface area contributed by atoms with Crippen LogP contribution in [-0.2, 0) is 30.8 Å². The number of benzene rings is 2. The smallest absolute Gasteiger partial charge is 0.266 e. The Bertz CT molecular complexity index is 2320. The van der Waals surface area contributed by atoms with Crippen molar-refractivity contribution in [1.29, 1.82) is 0 Å². The van der Waals surface area contributed by atoms with Gasteiger partial charge >= 0.3 is 0 Å². The van der Waals surface area contributed by atoms with E-state index in [4.69, 9.17) is 4.74 Å². The van der Waals surface area contributed by atoms with Crippen LogP contribution in [0.25, 0.3) is 0 Å². The Hall–Kier alpha value is -5.27. The maximum atomic E-state index is 13.2. The lowest BCUT2D eigenvalue weighted by Gasteiger charge is -2.31. The number of aryl methyl sites for hydroxylation is 1. The highest BCUT2D eigenvalue weighted by atomic mass is 79.9. The van der Waals surface area contributed by atoms with Gasteiger partial charge in [0.2, 0.25) is 33.7 Å². The minimum atomic E-state index is -3.56. The van der Waals surface area contributed by atoms with Crippen LogP contribution in [0.2, 0.25) is 0 Å². The number of aromatic nitrogens is 2. The topological polar surface area (TPSA) is 226 Å². The van der Waals surface area contributed by atoms with E-state index in [0.717, 1.165) is 42.6 Å². The number of halogens is 1. The van der Waals surface area contributed by atoms with E-state index >= 15 is 0 Å². The molecule has 0 saturated carbocycles. The lowest BCUT2D eigenvalue weighted by atomic mass is 10.0. The Kier molecular flexibility index (Phi) is 14.1. The van der Waals surface area contributed by atoms with Gasteiger partial charge in [-0.1, -0.05) is 43.9 Å². The molecule has 2 saturated heterocycles. The molecule has 17 nitrogen and oxygen atoms in total. The maximum absolute atomic E-state index is 13.2. The average molecular weight is 922 g/mol. The highest BCUT2D eigenvalue weighted by molar-refractivity contribution is 9.10. The molecule has 0 radical (unpaired) electrons. The molecule has 1 atom stereocenters. The summed E-state index contributed by atoms with van der Waals surface area (Å²) in [4.78, 5) is 85.0. The Labute approximate surface area is 362 Å². The van der Waals surface area contributed by atoms with Crippen molar-refractivity contribution < 1.29 is 41.9 Å². The van der Waals surface area contributed by atoms with Crippen molar-refractivity contribution in [2.75, 3.05) is 42.6 Å². The van der Waals surface area contributed by atoms with Crippen molar-refractivity contribution in [2.45, 2.75) is 95.6 Å². The average Bonchev–Trinajstić information content (AvgIpc) is 3.74. The van der Waals surface area contributed by atoms with E-state index in [2.05, 4.69) is 47.2 Å². The zero-order valence-electron chi connectivity index (χ0n) is 33.7. The maximum Gasteiger partial charge on any atom is 0.266 e. The molecule has 1 unspecified atom stereocenters. The third-order valence-electron chi connectivity index (χ3n) is 11.4. The largest absolute Gasteiger partial charge is 0.493 e. The molecule has 2 aromatic carbocycles. The van der Waals surface area contributed by atoms with Gasteiger partial charge in [-0.15, -0.1) is 0 Å². The molecule has 61 heavy (non-hydrogen) atoms. The van der Waals surface area contributed by atoms with Crippen LogP contribution in [0.1, 0.15) is 114 Å². The first-order chi connectivity index (χ1) is 29.4. The molecule has 324 valence electrons. The number of sulfonamides is 1. The molecule has 3 aromatic rings. The number of fused-ring (bicyclic) bond motifs is 2. The van der Waals surface area contributed by atoms with Crippen LogP contribution >= 0.6 is 15.9 Å². The van der Waals surface area contributed by atoms with Crippen molar-refractivity contribution in [3.8, 4) is 5.75 Å². The van der Waals surface area contributed by atoms with E-state index < -0.39 is 39.7 Å². The number of unbranched alkanes of at least 4 members (excludes halogenated alkanes) is 5. The van der Waals surface area contributed by atoms with Gasteiger partial charge in [0.15, 0.2) is 5.78 Å². The summed E-state index contributed by atoms with van der Waals surface area (Å²) in [5, 5.41) is 11.5. The van der Waals surface area contributed by atoms with E-state index in [9.17, 15) is 37.2 Å². The molecule has 19 heteroatoms. The number of nitrogens with one attached hydrogen (secondary N) is 4. The molecule has 0 spiro atoms. The van der Waals surface area contributed by atoms with E-state index in [1.54, 1.807) is 18.3 Å². The Morgan fingerprint density at radius 1 is 0.885 bits per heavy atom. The molecule has 4 heterocycles. The lowest BCUT2D eigenvalue weighted by molar-refractivity contribution is -0.136. The summed E-state index contributed by atoms with van der Waals surface area (Å²) in [7, 11) is -3.56. The summed E-state index contributed by atoms with van der Waals surface area (Å²) in [5.41, 5.74) is 2.72. The van der Waals surface area contributed by atoms with Crippen LogP contribution < -0.4 is 26.0 Å². The molecule has 1 aliphatic carbocycles. The van der Waals surface area contributed by atoms with Crippen LogP contribution in [0.5, 0.6) is 5.75 Å². The summed E-state index contributed by atoms with van der Waals surface area (Å²) in [5.74, 6) is -1.34. The number of amides is 5. The summed E-state index contributed by atoms with van der Waals surface area (Å²) in [6, 6.07) is 9.44. The van der Waals surface area contributed by atoms with Gasteiger partial charge in [0.25, 0.3) is 11.8 Å². The Morgan fingerprint density at radius 3 is 2.43 bits per heavy atom. The molecular formula is C42H49BrN8O9S. The standard InChI is InChI=1S/C42H49BrN8O9S/c43-29-25-45-42(49-38(29)47-30-11-7-9-26-14-16-32(52)36(26)30)46-27-18-21-50(22-19-27)61(58,59)24-20-44-34(53)13-5-3-1-2-4-6-23-60-33-12-8-10-28-37(33)41(57)51(40(28)56)31-15-17-35(54)48-39(31)55/h7-12,25,27,31H,1-6,13-24H2,(H,44,53)(H,48,54,55)(H2,45,46,47,49). The van der Waals surface area contributed by atoms with E-state index in [1.165, 1.54) is 10.4 Å². The normalized spacial score (nSPS) is 18.2. The van der Waals surface area contributed by atoms with Gasteiger partial charge in [-0.05, 0) is 78.2 Å². The van der Waals surface area contributed by atoms with Crippen molar-refractivity contribution >= 4 is 78.7 Å². The van der Waals surface area contributed by atoms with Crippen LogP contribution in [0.4, 0.5) is 17.5 Å². The number of anilines is 3. The minimum Gasteiger partial charge on any atom is -0.493 e. The van der Waals surface area contributed by atoms with Gasteiger partial charge in [0.1, 0.15) is 17.6 Å². The molecule has 7 rings (SSSR count). The molecule has 1 aromatic heterocycles. The fourth-order valence-corrected chi connectivity index (χ4v) is 9.82. The summed E-state index contributed by atoms with van der Waals surface area (Å²) < 4.78 is 34.2. The second-order valence-corrected chi connectivity index (χ2v) is 18.6. The van der Waals surface area contributed by atoms with E-state index in [0.29, 0.717) is 85.7 Å². The lowest BCUT2D eigenvalue weighted by Crippen LogP contribution is -2.54. The number of imide groups is 2. The number of hydrogen-bond acceptors (Lipinski definition) is 13. The number of Topliss-reactive ketones (excluding diaryl/α,β-unsaturated/α-hetero) is 1. The zero-order chi connectivity index (χ0) is 43.1. The van der Waals surface area contributed by atoms with Crippen molar-refractivity contribution in [3.63, 3.8) is 0 Å². The van der Waals surface area contributed by atoms with Crippen LogP contribution in [0.15, 0.2) is 47.1 Å². The number of nitrogens with zero attached hydrogens (tertiary/aromatic N) is 4. The SMILES string of the molecule is O=C(CCCCCCCCOc1cccc2c1C(=O)N(C1CCC(=O)NC1=O)C2=O)NCCS(=O)(=O)N1CCC(Nc2ncc(Br)c(Nc3cccc4c3C(=O)CC4)n2)CC1. The van der Waals surface area contributed by atoms with Gasteiger partial charge in [-0.3, -0.25) is 39.0 Å². The molecular weight excluding hydrogens is 872 g/mol. The fraction of sp³-hybridized carbons (Fsp3) is 0.476. The fourth-order valence-electron chi connectivity index (χ4n) is 8.15. The van der Waals surface area contributed by atoms with Crippen LogP contribution in [-0.4, -0.2) is 107 Å². The quantitative estimate of drug-likeness (QED) is 0.0951. The number of piperidine rings is 2.